The fraction of sp³-hybridized carbons (Fsp3) is 0.471. The maximum atomic E-state index is 12.2. The van der Waals surface area contributed by atoms with Gasteiger partial charge in [-0.05, 0) is 13.0 Å². The quantitative estimate of drug-likeness (QED) is 0.652. The largest absolute Gasteiger partial charge is 0.350 e. The van der Waals surface area contributed by atoms with Crippen molar-refractivity contribution in [2.75, 3.05) is 6.54 Å². The lowest BCUT2D eigenvalue weighted by Gasteiger charge is -2.26. The first-order valence-corrected chi connectivity index (χ1v) is 9.02. The molecule has 1 aliphatic heterocycles. The maximum absolute atomic E-state index is 12.2. The van der Waals surface area contributed by atoms with Crippen molar-refractivity contribution in [1.29, 1.82) is 0 Å². The molecule has 0 radical (unpaired) electrons. The Balaban J connectivity index is 1.46. The second kappa shape index (κ2) is 6.95. The van der Waals surface area contributed by atoms with Crippen molar-refractivity contribution < 1.29 is 4.79 Å². The Morgan fingerprint density at radius 2 is 2.11 bits per heavy atom. The third kappa shape index (κ3) is 3.61. The number of H-pyrrole nitrogens is 1. The molecule has 0 aromatic carbocycles. The zero-order chi connectivity index (χ0) is 19.0. The molecule has 4 heterocycles. The summed E-state index contributed by atoms with van der Waals surface area (Å²) >= 11 is 0. The molecule has 3 aromatic rings. The molecular weight excluding hydrogens is 348 g/mol. The van der Waals surface area contributed by atoms with Crippen molar-refractivity contribution in [3.8, 4) is 0 Å². The monoisotopic (exact) mass is 370 g/mol. The SMILES string of the molecule is CCC(=O)NCc1cc2n(n1)CCN(Cc1cc(=O)n3[nH]c(C)nc3n1)C2. The number of amides is 1. The number of aryl methyl sites for hydroxylation is 1. The number of fused-ring (bicyclic) bond motifs is 2. The van der Waals surface area contributed by atoms with Gasteiger partial charge in [-0.1, -0.05) is 6.92 Å². The van der Waals surface area contributed by atoms with Crippen LogP contribution < -0.4 is 10.9 Å². The van der Waals surface area contributed by atoms with Gasteiger partial charge in [0, 0.05) is 32.1 Å². The van der Waals surface area contributed by atoms with Crippen LogP contribution in [0.5, 0.6) is 0 Å². The van der Waals surface area contributed by atoms with Crippen molar-refractivity contribution >= 4 is 11.7 Å². The number of rotatable bonds is 5. The van der Waals surface area contributed by atoms with Crippen molar-refractivity contribution in [2.24, 2.45) is 0 Å². The van der Waals surface area contributed by atoms with E-state index in [4.69, 9.17) is 0 Å². The van der Waals surface area contributed by atoms with Gasteiger partial charge in [-0.3, -0.25) is 24.3 Å². The first-order chi connectivity index (χ1) is 13.0. The second-order valence-electron chi connectivity index (χ2n) is 6.72. The number of hydrogen-bond acceptors (Lipinski definition) is 6. The summed E-state index contributed by atoms with van der Waals surface area (Å²) in [4.78, 5) is 34.5. The van der Waals surface area contributed by atoms with Crippen molar-refractivity contribution in [3.05, 3.63) is 45.4 Å². The number of aromatic nitrogens is 6. The van der Waals surface area contributed by atoms with Crippen LogP contribution in [0.15, 0.2) is 16.9 Å². The van der Waals surface area contributed by atoms with E-state index < -0.39 is 0 Å². The second-order valence-corrected chi connectivity index (χ2v) is 6.72. The Kier molecular flexibility index (Phi) is 4.48. The molecule has 0 unspecified atom stereocenters. The average molecular weight is 370 g/mol. The molecule has 10 nitrogen and oxygen atoms in total. The highest BCUT2D eigenvalue weighted by molar-refractivity contribution is 5.75. The minimum atomic E-state index is -0.161. The fourth-order valence-electron chi connectivity index (χ4n) is 3.26. The Bertz CT molecular complexity index is 1050. The van der Waals surface area contributed by atoms with Crippen molar-refractivity contribution in [2.45, 2.75) is 46.4 Å². The highest BCUT2D eigenvalue weighted by atomic mass is 16.1. The summed E-state index contributed by atoms with van der Waals surface area (Å²) in [7, 11) is 0. The molecule has 0 fully saturated rings. The molecule has 4 rings (SSSR count). The normalized spacial score (nSPS) is 14.4. The number of nitrogens with zero attached hydrogens (tertiary/aromatic N) is 6. The smallest absolute Gasteiger partial charge is 0.274 e. The van der Waals surface area contributed by atoms with Crippen LogP contribution in [-0.2, 0) is 31.0 Å². The standard InChI is InChI=1S/C17H22N8O2/c1-3-15(26)18-8-12-6-14-10-23(4-5-24(14)22-12)9-13-7-16(27)25-17(20-13)19-11(2)21-25/h6-7H,3-5,8-10H2,1-2H3,(H,18,26)(H,19,20,21). The molecule has 0 aliphatic carbocycles. The van der Waals surface area contributed by atoms with E-state index in [0.29, 0.717) is 36.8 Å². The minimum Gasteiger partial charge on any atom is -0.350 e. The maximum Gasteiger partial charge on any atom is 0.274 e. The topological polar surface area (TPSA) is 113 Å². The first kappa shape index (κ1) is 17.4. The number of nitrogens with one attached hydrogen (secondary N) is 2. The van der Waals surface area contributed by atoms with E-state index in [2.05, 4.69) is 30.4 Å². The summed E-state index contributed by atoms with van der Waals surface area (Å²) in [6.45, 7) is 6.93. The van der Waals surface area contributed by atoms with E-state index in [-0.39, 0.29) is 11.5 Å². The molecule has 27 heavy (non-hydrogen) atoms. The molecule has 2 N–H and O–H groups in total. The van der Waals surface area contributed by atoms with Crippen molar-refractivity contribution in [1.82, 2.24) is 39.6 Å². The minimum absolute atomic E-state index is 0.0176. The van der Waals surface area contributed by atoms with Gasteiger partial charge in [0.2, 0.25) is 5.91 Å². The summed E-state index contributed by atoms with van der Waals surface area (Å²) in [6, 6.07) is 3.56. The van der Waals surface area contributed by atoms with Gasteiger partial charge in [-0.2, -0.15) is 14.6 Å². The van der Waals surface area contributed by atoms with Crippen LogP contribution in [0.25, 0.3) is 5.78 Å². The average Bonchev–Trinajstić information content (AvgIpc) is 3.21. The lowest BCUT2D eigenvalue weighted by molar-refractivity contribution is -0.120. The van der Waals surface area contributed by atoms with E-state index in [1.54, 1.807) is 13.0 Å². The summed E-state index contributed by atoms with van der Waals surface area (Å²) in [5, 5.41) is 10.3. The van der Waals surface area contributed by atoms with Crippen molar-refractivity contribution in [3.63, 3.8) is 0 Å². The number of carbonyl (C=O) groups excluding carboxylic acids is 1. The summed E-state index contributed by atoms with van der Waals surface area (Å²) in [5.41, 5.74) is 2.50. The van der Waals surface area contributed by atoms with Gasteiger partial charge in [0.15, 0.2) is 0 Å². The molecule has 0 bridgehead atoms. The zero-order valence-electron chi connectivity index (χ0n) is 15.4. The number of aromatic amines is 1. The summed E-state index contributed by atoms with van der Waals surface area (Å²) in [6.07, 6.45) is 0.466. The van der Waals surface area contributed by atoms with Crippen LogP contribution in [0.2, 0.25) is 0 Å². The molecular formula is C17H22N8O2. The fourth-order valence-corrected chi connectivity index (χ4v) is 3.26. The van der Waals surface area contributed by atoms with Crippen LogP contribution in [0.1, 0.15) is 36.3 Å². The molecule has 142 valence electrons. The molecule has 10 heteroatoms. The summed E-state index contributed by atoms with van der Waals surface area (Å²) < 4.78 is 3.33. The zero-order valence-corrected chi connectivity index (χ0v) is 15.4. The van der Waals surface area contributed by atoms with E-state index in [1.807, 2.05) is 17.7 Å². The molecule has 0 atom stereocenters. The lowest BCUT2D eigenvalue weighted by Crippen LogP contribution is -2.34. The number of hydrogen-bond donors (Lipinski definition) is 2. The van der Waals surface area contributed by atoms with Gasteiger partial charge in [0.05, 0.1) is 30.2 Å². The van der Waals surface area contributed by atoms with E-state index in [1.165, 1.54) is 4.52 Å². The molecule has 3 aromatic heterocycles. The van der Waals surface area contributed by atoms with Crippen LogP contribution in [0, 0.1) is 6.92 Å². The highest BCUT2D eigenvalue weighted by Gasteiger charge is 2.19. The Morgan fingerprint density at radius 3 is 2.93 bits per heavy atom. The van der Waals surface area contributed by atoms with Gasteiger partial charge in [-0.25, -0.2) is 4.98 Å². The first-order valence-electron chi connectivity index (χ1n) is 9.02. The van der Waals surface area contributed by atoms with E-state index in [0.717, 1.165) is 31.0 Å². The predicted octanol–water partition coefficient (Wildman–Crippen LogP) is -0.0355. The van der Waals surface area contributed by atoms with Crippen LogP contribution in [0.4, 0.5) is 0 Å². The van der Waals surface area contributed by atoms with Gasteiger partial charge < -0.3 is 5.32 Å². The molecule has 0 spiro atoms. The molecule has 1 aliphatic rings. The summed E-state index contributed by atoms with van der Waals surface area (Å²) in [5.74, 6) is 1.07. The highest BCUT2D eigenvalue weighted by Crippen LogP contribution is 2.15. The Morgan fingerprint density at radius 1 is 1.26 bits per heavy atom. The Hall–Kier alpha value is -3.01. The third-order valence-corrected chi connectivity index (χ3v) is 4.60. The van der Waals surface area contributed by atoms with Gasteiger partial charge in [-0.15, -0.1) is 0 Å². The Labute approximate surface area is 155 Å². The van der Waals surface area contributed by atoms with Gasteiger partial charge in [0.25, 0.3) is 11.3 Å². The van der Waals surface area contributed by atoms with Crippen LogP contribution in [-0.4, -0.2) is 46.7 Å². The van der Waals surface area contributed by atoms with Gasteiger partial charge in [0.1, 0.15) is 5.82 Å². The van der Waals surface area contributed by atoms with E-state index in [9.17, 15) is 9.59 Å². The molecule has 0 saturated carbocycles. The van der Waals surface area contributed by atoms with Gasteiger partial charge >= 0.3 is 0 Å². The third-order valence-electron chi connectivity index (χ3n) is 4.60. The number of carbonyl (C=O) groups is 1. The lowest BCUT2D eigenvalue weighted by atomic mass is 10.2. The van der Waals surface area contributed by atoms with Crippen LogP contribution in [0.3, 0.4) is 0 Å². The predicted molar refractivity (Wildman–Crippen MR) is 96.8 cm³/mol. The molecule has 1 amide bonds. The molecule has 0 saturated heterocycles. The van der Waals surface area contributed by atoms with Crippen LogP contribution >= 0.6 is 0 Å². The van der Waals surface area contributed by atoms with E-state index >= 15 is 0 Å².